The number of hydrogen-bond acceptors (Lipinski definition) is 4. The summed E-state index contributed by atoms with van der Waals surface area (Å²) in [6, 6.07) is 4.78. The SMILES string of the molecule is NNC(c1ccco1)c1ncc(Cl)cc1Cl. The third-order valence-electron chi connectivity index (χ3n) is 2.10. The van der Waals surface area contributed by atoms with Crippen LogP contribution in [0.3, 0.4) is 0 Å². The number of hydrazine groups is 1. The van der Waals surface area contributed by atoms with Crippen molar-refractivity contribution in [3.8, 4) is 0 Å². The van der Waals surface area contributed by atoms with Crippen molar-refractivity contribution in [3.63, 3.8) is 0 Å². The molecule has 0 bridgehead atoms. The third kappa shape index (κ3) is 2.20. The summed E-state index contributed by atoms with van der Waals surface area (Å²) in [5, 5.41) is 0.913. The second-order valence-electron chi connectivity index (χ2n) is 3.14. The smallest absolute Gasteiger partial charge is 0.128 e. The Hall–Kier alpha value is -1.07. The van der Waals surface area contributed by atoms with Crippen LogP contribution in [0.15, 0.2) is 35.1 Å². The van der Waals surface area contributed by atoms with E-state index in [2.05, 4.69) is 10.4 Å². The van der Waals surface area contributed by atoms with Gasteiger partial charge in [0.25, 0.3) is 0 Å². The molecule has 16 heavy (non-hydrogen) atoms. The van der Waals surface area contributed by atoms with Gasteiger partial charge >= 0.3 is 0 Å². The molecule has 0 saturated carbocycles. The Morgan fingerprint density at radius 3 is 2.81 bits per heavy atom. The summed E-state index contributed by atoms with van der Waals surface area (Å²) in [6.45, 7) is 0. The zero-order valence-corrected chi connectivity index (χ0v) is 9.66. The van der Waals surface area contributed by atoms with Gasteiger partial charge in [-0.1, -0.05) is 23.2 Å². The molecule has 3 N–H and O–H groups in total. The molecule has 84 valence electrons. The van der Waals surface area contributed by atoms with Gasteiger partial charge in [0.2, 0.25) is 0 Å². The molecule has 0 fully saturated rings. The van der Waals surface area contributed by atoms with Crippen LogP contribution in [0.25, 0.3) is 0 Å². The first-order chi connectivity index (χ1) is 7.72. The van der Waals surface area contributed by atoms with E-state index in [-0.39, 0.29) is 6.04 Å². The summed E-state index contributed by atoms with van der Waals surface area (Å²) in [5.74, 6) is 6.10. The highest BCUT2D eigenvalue weighted by atomic mass is 35.5. The van der Waals surface area contributed by atoms with Crippen molar-refractivity contribution in [2.75, 3.05) is 0 Å². The van der Waals surface area contributed by atoms with Crippen LogP contribution in [0.1, 0.15) is 17.5 Å². The zero-order valence-electron chi connectivity index (χ0n) is 8.15. The van der Waals surface area contributed by atoms with E-state index in [4.69, 9.17) is 33.5 Å². The van der Waals surface area contributed by atoms with Crippen molar-refractivity contribution >= 4 is 23.2 Å². The molecule has 0 aliphatic carbocycles. The molecule has 0 spiro atoms. The Bertz CT molecular complexity index is 473. The van der Waals surface area contributed by atoms with Gasteiger partial charge in [-0.2, -0.15) is 0 Å². The maximum Gasteiger partial charge on any atom is 0.128 e. The summed E-state index contributed by atoms with van der Waals surface area (Å²) in [7, 11) is 0. The molecule has 2 rings (SSSR count). The largest absolute Gasteiger partial charge is 0.467 e. The topological polar surface area (TPSA) is 64.1 Å². The fraction of sp³-hybridized carbons (Fsp3) is 0.100. The minimum atomic E-state index is -0.389. The Kier molecular flexibility index (Phi) is 3.46. The van der Waals surface area contributed by atoms with Gasteiger partial charge in [0.15, 0.2) is 0 Å². The molecule has 0 aromatic carbocycles. The normalized spacial score (nSPS) is 12.7. The van der Waals surface area contributed by atoms with Gasteiger partial charge in [-0.3, -0.25) is 10.8 Å². The number of aromatic nitrogens is 1. The van der Waals surface area contributed by atoms with Crippen LogP contribution >= 0.6 is 23.2 Å². The highest BCUT2D eigenvalue weighted by molar-refractivity contribution is 6.34. The Labute approximate surface area is 102 Å². The van der Waals surface area contributed by atoms with Gasteiger partial charge in [0.1, 0.15) is 11.8 Å². The maximum atomic E-state index is 6.04. The van der Waals surface area contributed by atoms with Crippen LogP contribution in [0.2, 0.25) is 10.0 Å². The maximum absolute atomic E-state index is 6.04. The van der Waals surface area contributed by atoms with Gasteiger partial charge in [0.05, 0.1) is 22.0 Å². The van der Waals surface area contributed by atoms with Crippen molar-refractivity contribution in [3.05, 3.63) is 52.2 Å². The Morgan fingerprint density at radius 1 is 1.44 bits per heavy atom. The van der Waals surface area contributed by atoms with Crippen molar-refractivity contribution in [1.29, 1.82) is 0 Å². The van der Waals surface area contributed by atoms with Gasteiger partial charge < -0.3 is 4.42 Å². The molecule has 4 nitrogen and oxygen atoms in total. The summed E-state index contributed by atoms with van der Waals surface area (Å²) in [6.07, 6.45) is 3.07. The van der Waals surface area contributed by atoms with Crippen molar-refractivity contribution in [2.45, 2.75) is 6.04 Å². The highest BCUT2D eigenvalue weighted by Gasteiger charge is 2.19. The lowest BCUT2D eigenvalue weighted by atomic mass is 10.1. The second kappa shape index (κ2) is 4.84. The third-order valence-corrected chi connectivity index (χ3v) is 2.61. The molecule has 1 atom stereocenters. The van der Waals surface area contributed by atoms with E-state index in [0.717, 1.165) is 0 Å². The molecule has 2 aromatic heterocycles. The molecular weight excluding hydrogens is 249 g/mol. The van der Waals surface area contributed by atoms with Crippen molar-refractivity contribution in [2.24, 2.45) is 5.84 Å². The molecule has 0 amide bonds. The van der Waals surface area contributed by atoms with Crippen LogP contribution in [0.5, 0.6) is 0 Å². The van der Waals surface area contributed by atoms with E-state index in [1.165, 1.54) is 6.20 Å². The molecule has 0 saturated heterocycles. The van der Waals surface area contributed by atoms with E-state index in [1.54, 1.807) is 24.5 Å². The van der Waals surface area contributed by atoms with Crippen molar-refractivity contribution in [1.82, 2.24) is 10.4 Å². The minimum absolute atomic E-state index is 0.389. The fourth-order valence-electron chi connectivity index (χ4n) is 1.39. The van der Waals surface area contributed by atoms with Gasteiger partial charge in [-0.05, 0) is 18.2 Å². The lowest BCUT2D eigenvalue weighted by Gasteiger charge is -2.14. The molecular formula is C10H9Cl2N3O. The minimum Gasteiger partial charge on any atom is -0.467 e. The van der Waals surface area contributed by atoms with Crippen LogP contribution in [-0.2, 0) is 0 Å². The van der Waals surface area contributed by atoms with Crippen LogP contribution in [0.4, 0.5) is 0 Å². The van der Waals surface area contributed by atoms with Crippen LogP contribution in [0, 0.1) is 0 Å². The van der Waals surface area contributed by atoms with E-state index in [1.807, 2.05) is 0 Å². The second-order valence-corrected chi connectivity index (χ2v) is 3.98. The number of nitrogens with one attached hydrogen (secondary N) is 1. The fourth-order valence-corrected chi connectivity index (χ4v) is 1.88. The predicted molar refractivity (Wildman–Crippen MR) is 62.1 cm³/mol. The van der Waals surface area contributed by atoms with Gasteiger partial charge in [-0.25, -0.2) is 5.43 Å². The highest BCUT2D eigenvalue weighted by Crippen LogP contribution is 2.27. The van der Waals surface area contributed by atoms with E-state index in [9.17, 15) is 0 Å². The summed E-state index contributed by atoms with van der Waals surface area (Å²) in [5.41, 5.74) is 3.17. The number of hydrogen-bond donors (Lipinski definition) is 2. The number of nitrogens with two attached hydrogens (primary N) is 1. The summed E-state index contributed by atoms with van der Waals surface area (Å²) < 4.78 is 5.25. The van der Waals surface area contributed by atoms with Crippen molar-refractivity contribution < 1.29 is 4.42 Å². The number of halogens is 2. The molecule has 1 unspecified atom stereocenters. The number of furan rings is 1. The predicted octanol–water partition coefficient (Wildman–Crippen LogP) is 2.53. The number of pyridine rings is 1. The lowest BCUT2D eigenvalue weighted by molar-refractivity contribution is 0.447. The molecule has 6 heteroatoms. The first kappa shape index (κ1) is 11.4. The number of nitrogens with zero attached hydrogens (tertiary/aromatic N) is 1. The molecule has 0 aliphatic heterocycles. The van der Waals surface area contributed by atoms with Gasteiger partial charge in [0, 0.05) is 6.20 Å². The van der Waals surface area contributed by atoms with Crippen LogP contribution < -0.4 is 11.3 Å². The van der Waals surface area contributed by atoms with E-state index >= 15 is 0 Å². The number of rotatable bonds is 3. The van der Waals surface area contributed by atoms with E-state index < -0.39 is 0 Å². The average Bonchev–Trinajstić information content (AvgIpc) is 2.75. The molecule has 0 aliphatic rings. The first-order valence-electron chi connectivity index (χ1n) is 4.53. The van der Waals surface area contributed by atoms with Crippen LogP contribution in [-0.4, -0.2) is 4.98 Å². The quantitative estimate of drug-likeness (QED) is 0.655. The first-order valence-corrected chi connectivity index (χ1v) is 5.28. The van der Waals surface area contributed by atoms with E-state index in [0.29, 0.717) is 21.5 Å². The summed E-state index contributed by atoms with van der Waals surface area (Å²) in [4.78, 5) is 4.14. The standard InChI is InChI=1S/C10H9Cl2N3O/c11-6-4-7(12)9(14-5-6)10(15-13)8-2-1-3-16-8/h1-5,10,15H,13H2. The Balaban J connectivity index is 2.41. The lowest BCUT2D eigenvalue weighted by Crippen LogP contribution is -2.29. The Morgan fingerprint density at radius 2 is 2.25 bits per heavy atom. The summed E-state index contributed by atoms with van der Waals surface area (Å²) >= 11 is 11.8. The monoisotopic (exact) mass is 257 g/mol. The zero-order chi connectivity index (χ0) is 11.5. The molecule has 2 heterocycles. The molecule has 2 aromatic rings. The average molecular weight is 258 g/mol. The molecule has 0 radical (unpaired) electrons. The van der Waals surface area contributed by atoms with Gasteiger partial charge in [-0.15, -0.1) is 0 Å².